The van der Waals surface area contributed by atoms with Gasteiger partial charge in [-0.05, 0) is 37.6 Å². The van der Waals surface area contributed by atoms with Crippen LogP contribution in [0.3, 0.4) is 0 Å². The van der Waals surface area contributed by atoms with Crippen molar-refractivity contribution in [1.82, 2.24) is 24.5 Å². The molecule has 148 valence electrons. The van der Waals surface area contributed by atoms with Gasteiger partial charge < -0.3 is 5.32 Å². The Bertz CT molecular complexity index is 1190. The van der Waals surface area contributed by atoms with Crippen LogP contribution in [0.15, 0.2) is 28.0 Å². The van der Waals surface area contributed by atoms with Gasteiger partial charge >= 0.3 is 0 Å². The molecule has 0 spiro atoms. The van der Waals surface area contributed by atoms with Crippen molar-refractivity contribution in [3.8, 4) is 0 Å². The number of nitrogens with zero attached hydrogens (tertiary/aromatic N) is 5. The fraction of sp³-hybridized carbons (Fsp3) is 0.353. The van der Waals surface area contributed by atoms with Gasteiger partial charge in [-0.25, -0.2) is 18.4 Å². The number of aromatic nitrogens is 5. The van der Waals surface area contributed by atoms with E-state index in [2.05, 4.69) is 25.3 Å². The van der Waals surface area contributed by atoms with Gasteiger partial charge in [0.05, 0.1) is 28.6 Å². The molecule has 3 heterocycles. The predicted octanol–water partition coefficient (Wildman–Crippen LogP) is 1.97. The van der Waals surface area contributed by atoms with Crippen LogP contribution >= 0.6 is 11.6 Å². The van der Waals surface area contributed by atoms with Gasteiger partial charge in [-0.3, -0.25) is 14.3 Å². The van der Waals surface area contributed by atoms with Gasteiger partial charge in [0.2, 0.25) is 5.28 Å². The van der Waals surface area contributed by atoms with E-state index < -0.39 is 9.84 Å². The van der Waals surface area contributed by atoms with E-state index in [-0.39, 0.29) is 33.9 Å². The number of hydrogen-bond acceptors (Lipinski definition) is 8. The number of fused-ring (bicyclic) bond motifs is 1. The normalized spacial score (nSPS) is 11.7. The number of rotatable bonds is 6. The Morgan fingerprint density at radius 1 is 1.18 bits per heavy atom. The Hall–Kier alpha value is -2.59. The molecular formula is C17H19ClN6O3S. The predicted molar refractivity (Wildman–Crippen MR) is 106 cm³/mol. The summed E-state index contributed by atoms with van der Waals surface area (Å²) >= 11 is 5.91. The van der Waals surface area contributed by atoms with Crippen LogP contribution < -0.4 is 10.9 Å². The van der Waals surface area contributed by atoms with E-state index in [1.807, 2.05) is 6.92 Å². The van der Waals surface area contributed by atoms with Crippen molar-refractivity contribution in [2.75, 3.05) is 11.1 Å². The van der Waals surface area contributed by atoms with Crippen LogP contribution in [0.5, 0.6) is 0 Å². The van der Waals surface area contributed by atoms with Gasteiger partial charge in [-0.15, -0.1) is 0 Å². The minimum Gasteiger partial charge on any atom is -0.360 e. The van der Waals surface area contributed by atoms with Crippen molar-refractivity contribution >= 4 is 38.4 Å². The molecule has 9 nitrogen and oxygen atoms in total. The Kier molecular flexibility index (Phi) is 5.61. The summed E-state index contributed by atoms with van der Waals surface area (Å²) in [5.41, 5.74) is 1.65. The van der Waals surface area contributed by atoms with Crippen LogP contribution in [0, 0.1) is 6.92 Å². The second-order valence-corrected chi connectivity index (χ2v) is 8.62. The highest BCUT2D eigenvalue weighted by atomic mass is 35.5. The Labute approximate surface area is 166 Å². The summed E-state index contributed by atoms with van der Waals surface area (Å²) in [5.74, 6) is 0.144. The minimum atomic E-state index is -3.30. The summed E-state index contributed by atoms with van der Waals surface area (Å²) in [6, 6.07) is 3.10. The third-order valence-corrected chi connectivity index (χ3v) is 6.12. The Morgan fingerprint density at radius 3 is 2.54 bits per heavy atom. The van der Waals surface area contributed by atoms with Crippen molar-refractivity contribution in [2.24, 2.45) is 0 Å². The van der Waals surface area contributed by atoms with Crippen LogP contribution in [0.2, 0.25) is 5.28 Å². The van der Waals surface area contributed by atoms with E-state index >= 15 is 0 Å². The lowest BCUT2D eigenvalue weighted by Crippen LogP contribution is -2.26. The second kappa shape index (κ2) is 7.80. The number of aryl methyl sites for hydroxylation is 2. The van der Waals surface area contributed by atoms with Crippen molar-refractivity contribution in [3.05, 3.63) is 45.4 Å². The third kappa shape index (κ3) is 3.83. The van der Waals surface area contributed by atoms with Crippen molar-refractivity contribution < 1.29 is 8.42 Å². The summed E-state index contributed by atoms with van der Waals surface area (Å²) < 4.78 is 25.2. The Balaban J connectivity index is 1.93. The number of anilines is 1. The first-order chi connectivity index (χ1) is 13.3. The first-order valence-corrected chi connectivity index (χ1v) is 10.7. The average molecular weight is 423 g/mol. The van der Waals surface area contributed by atoms with Gasteiger partial charge in [0.15, 0.2) is 21.3 Å². The van der Waals surface area contributed by atoms with Gasteiger partial charge in [0.1, 0.15) is 5.52 Å². The summed E-state index contributed by atoms with van der Waals surface area (Å²) in [7, 11) is -3.30. The molecule has 0 bridgehead atoms. The summed E-state index contributed by atoms with van der Waals surface area (Å²) in [6.45, 7) is 5.74. The minimum absolute atomic E-state index is 0.00921. The van der Waals surface area contributed by atoms with Gasteiger partial charge in [-0.2, -0.15) is 4.98 Å². The number of pyridine rings is 1. The zero-order valence-electron chi connectivity index (χ0n) is 15.6. The zero-order valence-corrected chi connectivity index (χ0v) is 17.2. The monoisotopic (exact) mass is 422 g/mol. The van der Waals surface area contributed by atoms with Crippen molar-refractivity contribution in [2.45, 2.75) is 38.8 Å². The van der Waals surface area contributed by atoms with Gasteiger partial charge in [0.25, 0.3) is 5.56 Å². The molecule has 0 aliphatic rings. The highest BCUT2D eigenvalue weighted by molar-refractivity contribution is 7.91. The van der Waals surface area contributed by atoms with E-state index in [0.717, 1.165) is 0 Å². The largest absolute Gasteiger partial charge is 0.360 e. The van der Waals surface area contributed by atoms with Crippen molar-refractivity contribution in [1.29, 1.82) is 0 Å². The molecule has 3 rings (SSSR count). The van der Waals surface area contributed by atoms with Crippen LogP contribution in [0.1, 0.15) is 25.2 Å². The van der Waals surface area contributed by atoms with Crippen LogP contribution in [-0.2, 0) is 22.9 Å². The molecule has 0 unspecified atom stereocenters. The fourth-order valence-electron chi connectivity index (χ4n) is 2.67. The molecule has 3 aromatic heterocycles. The topological polar surface area (TPSA) is 120 Å². The maximum Gasteiger partial charge on any atom is 0.294 e. The highest BCUT2D eigenvalue weighted by Crippen LogP contribution is 2.16. The molecule has 0 radical (unpaired) electrons. The lowest BCUT2D eigenvalue weighted by Gasteiger charge is -2.12. The molecule has 3 aromatic rings. The first kappa shape index (κ1) is 20.2. The molecule has 0 aromatic carbocycles. The van der Waals surface area contributed by atoms with Crippen LogP contribution in [0.4, 0.5) is 5.82 Å². The molecule has 0 saturated heterocycles. The van der Waals surface area contributed by atoms with Gasteiger partial charge in [0, 0.05) is 12.7 Å². The van der Waals surface area contributed by atoms with E-state index in [1.165, 1.54) is 16.8 Å². The maximum absolute atomic E-state index is 12.7. The second-order valence-electron chi connectivity index (χ2n) is 6.00. The molecule has 11 heteroatoms. The first-order valence-electron chi connectivity index (χ1n) is 8.63. The summed E-state index contributed by atoms with van der Waals surface area (Å²) in [5, 5.41) is 3.02. The van der Waals surface area contributed by atoms with E-state index in [1.54, 1.807) is 19.9 Å². The zero-order chi connectivity index (χ0) is 20.5. The molecule has 0 amide bonds. The molecular weight excluding hydrogens is 404 g/mol. The summed E-state index contributed by atoms with van der Waals surface area (Å²) in [6.07, 6.45) is 1.31. The van der Waals surface area contributed by atoms with E-state index in [4.69, 9.17) is 11.6 Å². The molecule has 0 aliphatic heterocycles. The SMILES string of the molecule is CCn1c(=O)c(NCc2ccc(S(=O)(=O)CC)cn2)nc2c(C)nc(Cl)nc21. The molecule has 0 aliphatic carbocycles. The molecule has 0 saturated carbocycles. The molecule has 28 heavy (non-hydrogen) atoms. The van der Waals surface area contributed by atoms with E-state index in [0.29, 0.717) is 29.1 Å². The molecule has 1 N–H and O–H groups in total. The summed E-state index contributed by atoms with van der Waals surface area (Å²) in [4.78, 5) is 29.6. The fourth-order valence-corrected chi connectivity index (χ4v) is 3.70. The number of sulfone groups is 1. The lowest BCUT2D eigenvalue weighted by atomic mass is 10.3. The highest BCUT2D eigenvalue weighted by Gasteiger charge is 2.15. The Morgan fingerprint density at radius 2 is 1.93 bits per heavy atom. The maximum atomic E-state index is 12.7. The van der Waals surface area contributed by atoms with E-state index in [9.17, 15) is 13.2 Å². The number of nitrogens with one attached hydrogen (secondary N) is 1. The van der Waals surface area contributed by atoms with Gasteiger partial charge in [-0.1, -0.05) is 6.92 Å². The number of halogens is 1. The quantitative estimate of drug-likeness (QED) is 0.598. The smallest absolute Gasteiger partial charge is 0.294 e. The molecule has 0 fully saturated rings. The third-order valence-electron chi connectivity index (χ3n) is 4.23. The van der Waals surface area contributed by atoms with Crippen LogP contribution in [0.25, 0.3) is 11.2 Å². The number of hydrogen-bond donors (Lipinski definition) is 1. The van der Waals surface area contributed by atoms with Crippen molar-refractivity contribution in [3.63, 3.8) is 0 Å². The average Bonchev–Trinajstić information content (AvgIpc) is 2.67. The molecule has 0 atom stereocenters. The standard InChI is InChI=1S/C17H19ClN6O3S/c1-4-24-15-13(10(3)21-17(18)23-15)22-14(16(24)25)20-8-11-6-7-12(9-19-11)28(26,27)5-2/h6-7,9H,4-5,8H2,1-3H3,(H,20,22). The lowest BCUT2D eigenvalue weighted by molar-refractivity contribution is 0.596. The van der Waals surface area contributed by atoms with Crippen LogP contribution in [-0.4, -0.2) is 38.7 Å².